The molecule has 0 saturated heterocycles. The molecule has 214 valence electrons. The fourth-order valence-electron chi connectivity index (χ4n) is 6.78. The molecule has 0 radical (unpaired) electrons. The van der Waals surface area contributed by atoms with Crippen molar-refractivity contribution in [1.82, 2.24) is 0 Å². The summed E-state index contributed by atoms with van der Waals surface area (Å²) in [4.78, 5) is 0. The summed E-state index contributed by atoms with van der Waals surface area (Å²) in [5, 5.41) is 14.9. The molecule has 7 aromatic carbocycles. The molecule has 1 nitrogen and oxygen atoms in total. The van der Waals surface area contributed by atoms with Crippen molar-refractivity contribution in [2.75, 3.05) is 0 Å². The van der Waals surface area contributed by atoms with Gasteiger partial charge >= 0.3 is 0 Å². The number of hydrogen-bond donors (Lipinski definition) is 0. The van der Waals surface area contributed by atoms with E-state index in [0.717, 1.165) is 16.7 Å². The average molecular weight is 620 g/mol. The van der Waals surface area contributed by atoms with Crippen LogP contribution >= 0.6 is 22.7 Å². The van der Waals surface area contributed by atoms with Crippen molar-refractivity contribution in [2.45, 2.75) is 0 Å². The first-order valence-corrected chi connectivity index (χ1v) is 16.9. The minimum Gasteiger partial charge on any atom is -0.192 e. The molecule has 0 N–H and O–H groups in total. The quantitative estimate of drug-likeness (QED) is 0.192. The van der Waals surface area contributed by atoms with Crippen molar-refractivity contribution in [2.24, 2.45) is 0 Å². The van der Waals surface area contributed by atoms with Gasteiger partial charge in [0.15, 0.2) is 0 Å². The summed E-state index contributed by atoms with van der Waals surface area (Å²) in [7, 11) is 0. The number of rotatable bonds is 4. The summed E-state index contributed by atoms with van der Waals surface area (Å²) in [6.45, 7) is 0. The highest BCUT2D eigenvalue weighted by Crippen LogP contribution is 2.44. The van der Waals surface area contributed by atoms with Gasteiger partial charge in [0, 0.05) is 40.3 Å². The number of nitrogens with zero attached hydrogens (tertiary/aromatic N) is 1. The lowest BCUT2D eigenvalue weighted by atomic mass is 9.86. The van der Waals surface area contributed by atoms with E-state index in [2.05, 4.69) is 133 Å². The largest absolute Gasteiger partial charge is 0.192 e. The molecular formula is C43H25NS2. The van der Waals surface area contributed by atoms with Gasteiger partial charge in [-0.05, 0) is 87.0 Å². The molecule has 0 fully saturated rings. The van der Waals surface area contributed by atoms with E-state index in [0.29, 0.717) is 5.56 Å². The molecule has 9 rings (SSSR count). The minimum atomic E-state index is 0.684. The molecular weight excluding hydrogens is 595 g/mol. The Labute approximate surface area is 274 Å². The van der Waals surface area contributed by atoms with Crippen molar-refractivity contribution in [3.8, 4) is 50.6 Å². The third-order valence-electron chi connectivity index (χ3n) is 8.97. The fourth-order valence-corrected chi connectivity index (χ4v) is 8.95. The lowest BCUT2D eigenvalue weighted by Gasteiger charge is -2.17. The molecule has 3 heteroatoms. The van der Waals surface area contributed by atoms with Crippen LogP contribution < -0.4 is 0 Å². The van der Waals surface area contributed by atoms with Gasteiger partial charge in [0.2, 0.25) is 0 Å². The van der Waals surface area contributed by atoms with Crippen LogP contribution in [0.25, 0.3) is 84.9 Å². The Hall–Kier alpha value is -5.53. The van der Waals surface area contributed by atoms with E-state index < -0.39 is 0 Å². The van der Waals surface area contributed by atoms with Crippen LogP contribution in [0, 0.1) is 11.3 Å². The first kappa shape index (κ1) is 26.8. The third kappa shape index (κ3) is 4.35. The van der Waals surface area contributed by atoms with E-state index in [1.165, 1.54) is 68.2 Å². The van der Waals surface area contributed by atoms with E-state index in [1.54, 1.807) is 0 Å². The number of nitriles is 1. The molecule has 0 bridgehead atoms. The zero-order valence-electron chi connectivity index (χ0n) is 24.7. The normalized spacial score (nSPS) is 11.5. The molecule has 2 aromatic heterocycles. The molecule has 0 aliphatic carbocycles. The molecule has 0 aliphatic heterocycles. The van der Waals surface area contributed by atoms with Gasteiger partial charge in [-0.2, -0.15) is 5.26 Å². The van der Waals surface area contributed by atoms with Crippen LogP contribution in [-0.4, -0.2) is 0 Å². The standard InChI is InChI=1S/C43H25NS2/c44-26-31-8-1-2-9-32(31)27-16-18-28(19-17-27)43-33(29-20-22-41-37(24-29)35-10-3-5-14-39(35)45-41)12-7-13-34(43)30-21-23-42-38(25-30)36-11-4-6-15-40(36)46-42/h1-25H. The van der Waals surface area contributed by atoms with Crippen molar-refractivity contribution in [3.63, 3.8) is 0 Å². The SMILES string of the molecule is N#Cc1ccccc1-c1ccc(-c2c(-c3ccc4sc5ccccc5c4c3)cccc2-c2ccc3sc4ccccc4c3c2)cc1. The first-order valence-electron chi connectivity index (χ1n) is 15.3. The van der Waals surface area contributed by atoms with Crippen LogP contribution in [0.4, 0.5) is 0 Å². The fraction of sp³-hybridized carbons (Fsp3) is 0. The summed E-state index contributed by atoms with van der Waals surface area (Å²) in [6, 6.07) is 56.8. The topological polar surface area (TPSA) is 23.8 Å². The molecule has 0 aliphatic rings. The second kappa shape index (κ2) is 10.8. The highest BCUT2D eigenvalue weighted by atomic mass is 32.1. The number of thiophene rings is 2. The summed E-state index contributed by atoms with van der Waals surface area (Å²) >= 11 is 3.70. The molecule has 0 spiro atoms. The van der Waals surface area contributed by atoms with Gasteiger partial charge in [-0.3, -0.25) is 0 Å². The molecule has 9 aromatic rings. The molecule has 0 unspecified atom stereocenters. The summed E-state index contributed by atoms with van der Waals surface area (Å²) < 4.78 is 5.23. The zero-order valence-corrected chi connectivity index (χ0v) is 26.3. The second-order valence-corrected chi connectivity index (χ2v) is 13.7. The van der Waals surface area contributed by atoms with E-state index in [4.69, 9.17) is 0 Å². The van der Waals surface area contributed by atoms with Gasteiger partial charge < -0.3 is 0 Å². The monoisotopic (exact) mass is 619 g/mol. The van der Waals surface area contributed by atoms with Gasteiger partial charge in [-0.1, -0.05) is 109 Å². The Morgan fingerprint density at radius 1 is 0.370 bits per heavy atom. The van der Waals surface area contributed by atoms with Gasteiger partial charge in [-0.25, -0.2) is 0 Å². The van der Waals surface area contributed by atoms with Gasteiger partial charge in [0.1, 0.15) is 0 Å². The van der Waals surface area contributed by atoms with Crippen LogP contribution in [0.15, 0.2) is 152 Å². The minimum absolute atomic E-state index is 0.684. The predicted octanol–water partition coefficient (Wildman–Crippen LogP) is 13.0. The summed E-state index contributed by atoms with van der Waals surface area (Å²) in [5.74, 6) is 0. The van der Waals surface area contributed by atoms with E-state index in [1.807, 2.05) is 46.9 Å². The summed E-state index contributed by atoms with van der Waals surface area (Å²) in [5.41, 5.74) is 9.85. The average Bonchev–Trinajstić information content (AvgIpc) is 3.69. The number of fused-ring (bicyclic) bond motifs is 6. The van der Waals surface area contributed by atoms with Crippen molar-refractivity contribution in [3.05, 3.63) is 157 Å². The van der Waals surface area contributed by atoms with Crippen LogP contribution in [-0.2, 0) is 0 Å². The van der Waals surface area contributed by atoms with Crippen molar-refractivity contribution < 1.29 is 0 Å². The lowest BCUT2D eigenvalue weighted by molar-refractivity contribution is 1.48. The maximum atomic E-state index is 9.74. The predicted molar refractivity (Wildman–Crippen MR) is 199 cm³/mol. The van der Waals surface area contributed by atoms with Crippen LogP contribution in [0.2, 0.25) is 0 Å². The first-order chi connectivity index (χ1) is 22.7. The van der Waals surface area contributed by atoms with E-state index in [-0.39, 0.29) is 0 Å². The Morgan fingerprint density at radius 2 is 0.826 bits per heavy atom. The van der Waals surface area contributed by atoms with Crippen molar-refractivity contribution >= 4 is 63.0 Å². The second-order valence-electron chi connectivity index (χ2n) is 11.6. The van der Waals surface area contributed by atoms with Crippen LogP contribution in [0.1, 0.15) is 5.56 Å². The molecule has 2 heterocycles. The Bertz CT molecular complexity index is 2520. The number of benzene rings is 7. The van der Waals surface area contributed by atoms with Crippen LogP contribution in [0.3, 0.4) is 0 Å². The smallest absolute Gasteiger partial charge is 0.0998 e. The van der Waals surface area contributed by atoms with Crippen LogP contribution in [0.5, 0.6) is 0 Å². The molecule has 0 saturated carbocycles. The van der Waals surface area contributed by atoms with E-state index >= 15 is 0 Å². The highest BCUT2D eigenvalue weighted by molar-refractivity contribution is 7.26. The van der Waals surface area contributed by atoms with Crippen molar-refractivity contribution in [1.29, 1.82) is 5.26 Å². The zero-order chi connectivity index (χ0) is 30.6. The molecule has 0 amide bonds. The maximum absolute atomic E-state index is 9.74. The van der Waals surface area contributed by atoms with E-state index in [9.17, 15) is 5.26 Å². The molecule has 0 atom stereocenters. The lowest BCUT2D eigenvalue weighted by Crippen LogP contribution is -1.91. The van der Waals surface area contributed by atoms with Gasteiger partial charge in [-0.15, -0.1) is 22.7 Å². The summed E-state index contributed by atoms with van der Waals surface area (Å²) in [6.07, 6.45) is 0. The third-order valence-corrected chi connectivity index (χ3v) is 11.3. The van der Waals surface area contributed by atoms with Gasteiger partial charge in [0.25, 0.3) is 0 Å². The van der Waals surface area contributed by atoms with Gasteiger partial charge in [0.05, 0.1) is 11.6 Å². The number of hydrogen-bond acceptors (Lipinski definition) is 3. The maximum Gasteiger partial charge on any atom is 0.0998 e. The highest BCUT2D eigenvalue weighted by Gasteiger charge is 2.17. The Morgan fingerprint density at radius 3 is 1.41 bits per heavy atom. The Kier molecular flexibility index (Phi) is 6.31. The Balaban J connectivity index is 1.28. The molecule has 46 heavy (non-hydrogen) atoms.